The molecule has 1 saturated heterocycles. The van der Waals surface area contributed by atoms with Gasteiger partial charge in [-0.3, -0.25) is 0 Å². The van der Waals surface area contributed by atoms with Crippen LogP contribution in [0.5, 0.6) is 0 Å². The maximum Gasteiger partial charge on any atom is 0.243 e. The molecular formula is C14H20ClFN2O2S. The van der Waals surface area contributed by atoms with Gasteiger partial charge < -0.3 is 4.90 Å². The van der Waals surface area contributed by atoms with E-state index in [9.17, 15) is 12.8 Å². The number of benzene rings is 1. The average molecular weight is 335 g/mol. The molecule has 1 fully saturated rings. The molecule has 7 heteroatoms. The van der Waals surface area contributed by atoms with Crippen molar-refractivity contribution in [3.8, 4) is 0 Å². The number of halogens is 2. The number of hydrogen-bond donors (Lipinski definition) is 0. The van der Waals surface area contributed by atoms with Crippen LogP contribution in [-0.2, 0) is 15.9 Å². The van der Waals surface area contributed by atoms with Gasteiger partial charge in [0.15, 0.2) is 0 Å². The first-order valence-electron chi connectivity index (χ1n) is 6.87. The zero-order chi connectivity index (χ0) is 15.6. The van der Waals surface area contributed by atoms with E-state index in [1.54, 1.807) is 0 Å². The second-order valence-electron chi connectivity index (χ2n) is 5.56. The van der Waals surface area contributed by atoms with Crippen molar-refractivity contribution >= 4 is 21.6 Å². The molecule has 0 radical (unpaired) electrons. The van der Waals surface area contributed by atoms with Crippen LogP contribution in [0.1, 0.15) is 18.4 Å². The smallest absolute Gasteiger partial charge is 0.243 e. The molecule has 1 aliphatic heterocycles. The lowest BCUT2D eigenvalue weighted by Crippen LogP contribution is -2.41. The van der Waals surface area contributed by atoms with Crippen LogP contribution in [-0.4, -0.2) is 50.8 Å². The Morgan fingerprint density at radius 3 is 2.76 bits per heavy atom. The number of rotatable bonds is 5. The van der Waals surface area contributed by atoms with Gasteiger partial charge in [0.25, 0.3) is 0 Å². The van der Waals surface area contributed by atoms with E-state index in [0.29, 0.717) is 18.7 Å². The van der Waals surface area contributed by atoms with Crippen molar-refractivity contribution in [2.24, 2.45) is 0 Å². The number of sulfonamides is 1. The Balaban J connectivity index is 2.39. The van der Waals surface area contributed by atoms with Crippen LogP contribution in [0.2, 0.25) is 0 Å². The lowest BCUT2D eigenvalue weighted by atomic mass is 10.2. The topological polar surface area (TPSA) is 40.6 Å². The molecule has 21 heavy (non-hydrogen) atoms. The zero-order valence-electron chi connectivity index (χ0n) is 12.2. The van der Waals surface area contributed by atoms with Crippen LogP contribution in [0.4, 0.5) is 4.39 Å². The highest BCUT2D eigenvalue weighted by Crippen LogP contribution is 2.29. The number of likely N-dealkylation sites (N-methyl/N-ethyl adjacent to an activating group) is 1. The van der Waals surface area contributed by atoms with Gasteiger partial charge in [0.1, 0.15) is 5.82 Å². The summed E-state index contributed by atoms with van der Waals surface area (Å²) in [7, 11) is 0.108. The van der Waals surface area contributed by atoms with Crippen LogP contribution in [0.15, 0.2) is 23.1 Å². The van der Waals surface area contributed by atoms with E-state index < -0.39 is 15.8 Å². The molecule has 0 N–H and O–H groups in total. The molecule has 0 saturated carbocycles. The Morgan fingerprint density at radius 2 is 2.14 bits per heavy atom. The summed E-state index contributed by atoms with van der Waals surface area (Å²) in [6, 6.07) is 3.67. The summed E-state index contributed by atoms with van der Waals surface area (Å²) < 4.78 is 40.6. The Kier molecular flexibility index (Phi) is 5.24. The molecule has 4 nitrogen and oxygen atoms in total. The number of alkyl halides is 1. The van der Waals surface area contributed by atoms with Crippen LogP contribution in [0.25, 0.3) is 0 Å². The summed E-state index contributed by atoms with van der Waals surface area (Å²) in [5.74, 6) is -0.521. The Bertz CT molecular complexity index is 607. The lowest BCUT2D eigenvalue weighted by molar-refractivity contribution is 0.291. The fourth-order valence-corrected chi connectivity index (χ4v) is 4.97. The molecule has 1 unspecified atom stereocenters. The van der Waals surface area contributed by atoms with Crippen molar-refractivity contribution in [1.29, 1.82) is 0 Å². The number of nitrogens with zero attached hydrogens (tertiary/aromatic N) is 2. The predicted octanol–water partition coefficient (Wildman–Crippen LogP) is 2.28. The fourth-order valence-electron chi connectivity index (χ4n) is 2.73. The second-order valence-corrected chi connectivity index (χ2v) is 7.69. The van der Waals surface area contributed by atoms with Gasteiger partial charge in [-0.15, -0.1) is 11.6 Å². The van der Waals surface area contributed by atoms with Gasteiger partial charge in [-0.1, -0.05) is 6.07 Å². The molecule has 1 aromatic rings. The Hall–Kier alpha value is -0.690. The summed E-state index contributed by atoms with van der Waals surface area (Å²) in [5, 5.41) is 0. The van der Waals surface area contributed by atoms with Gasteiger partial charge in [0, 0.05) is 25.0 Å². The second kappa shape index (κ2) is 6.60. The third-order valence-electron chi connectivity index (χ3n) is 3.66. The van der Waals surface area contributed by atoms with Gasteiger partial charge in [0.05, 0.1) is 4.90 Å². The van der Waals surface area contributed by atoms with E-state index in [4.69, 9.17) is 11.6 Å². The van der Waals surface area contributed by atoms with Gasteiger partial charge >= 0.3 is 0 Å². The minimum absolute atomic E-state index is 0.0110. The quantitative estimate of drug-likeness (QED) is 0.776. The van der Waals surface area contributed by atoms with Crippen molar-refractivity contribution in [2.75, 3.05) is 27.2 Å². The molecule has 0 bridgehead atoms. The summed E-state index contributed by atoms with van der Waals surface area (Å²) in [6.07, 6.45) is 1.65. The first kappa shape index (κ1) is 16.7. The highest BCUT2D eigenvalue weighted by atomic mass is 35.5. The van der Waals surface area contributed by atoms with Crippen molar-refractivity contribution < 1.29 is 12.8 Å². The molecule has 1 aromatic carbocycles. The molecule has 0 amide bonds. The standard InChI is InChI=1S/C14H20ClFN2O2S/c1-17(2)10-13-4-3-7-18(13)21(19,20)14-8-12(16)6-5-11(14)9-15/h5-6,8,13H,3-4,7,9-10H2,1-2H3. The van der Waals surface area contributed by atoms with Gasteiger partial charge in [-0.05, 0) is 44.6 Å². The van der Waals surface area contributed by atoms with E-state index in [2.05, 4.69) is 0 Å². The SMILES string of the molecule is CN(C)CC1CCCN1S(=O)(=O)c1cc(F)ccc1CCl. The van der Waals surface area contributed by atoms with E-state index in [-0.39, 0.29) is 16.8 Å². The van der Waals surface area contributed by atoms with E-state index in [1.807, 2.05) is 19.0 Å². The molecule has 1 atom stereocenters. The van der Waals surface area contributed by atoms with Crippen LogP contribution in [0.3, 0.4) is 0 Å². The molecule has 2 rings (SSSR count). The largest absolute Gasteiger partial charge is 0.308 e. The van der Waals surface area contributed by atoms with Crippen molar-refractivity contribution in [2.45, 2.75) is 29.7 Å². The summed E-state index contributed by atoms with van der Waals surface area (Å²) >= 11 is 5.80. The molecule has 1 aliphatic rings. The molecule has 0 spiro atoms. The average Bonchev–Trinajstić information content (AvgIpc) is 2.86. The van der Waals surface area contributed by atoms with Crippen LogP contribution < -0.4 is 0 Å². The van der Waals surface area contributed by atoms with Crippen molar-refractivity contribution in [1.82, 2.24) is 9.21 Å². The monoisotopic (exact) mass is 334 g/mol. The third-order valence-corrected chi connectivity index (χ3v) is 5.98. The lowest BCUT2D eigenvalue weighted by Gasteiger charge is -2.27. The Morgan fingerprint density at radius 1 is 1.43 bits per heavy atom. The third kappa shape index (κ3) is 3.56. The highest BCUT2D eigenvalue weighted by molar-refractivity contribution is 7.89. The van der Waals surface area contributed by atoms with Gasteiger partial charge in [0.2, 0.25) is 10.0 Å². The predicted molar refractivity (Wildman–Crippen MR) is 81.4 cm³/mol. The highest BCUT2D eigenvalue weighted by Gasteiger charge is 2.36. The van der Waals surface area contributed by atoms with Gasteiger partial charge in [-0.25, -0.2) is 12.8 Å². The Labute approximate surface area is 130 Å². The van der Waals surface area contributed by atoms with E-state index in [0.717, 1.165) is 18.9 Å². The molecule has 0 aliphatic carbocycles. The van der Waals surface area contributed by atoms with Crippen LogP contribution in [0, 0.1) is 5.82 Å². The minimum Gasteiger partial charge on any atom is -0.308 e. The first-order chi connectivity index (χ1) is 9.86. The maximum absolute atomic E-state index is 13.5. The van der Waals surface area contributed by atoms with Crippen LogP contribution >= 0.6 is 11.6 Å². The summed E-state index contributed by atoms with van der Waals surface area (Å²) in [5.41, 5.74) is 0.438. The van der Waals surface area contributed by atoms with Crippen molar-refractivity contribution in [3.63, 3.8) is 0 Å². The molecule has 0 aromatic heterocycles. The normalized spacial score (nSPS) is 20.3. The minimum atomic E-state index is -3.72. The summed E-state index contributed by atoms with van der Waals surface area (Å²) in [6.45, 7) is 1.13. The maximum atomic E-state index is 13.5. The fraction of sp³-hybridized carbons (Fsp3) is 0.571. The van der Waals surface area contributed by atoms with E-state index >= 15 is 0 Å². The number of hydrogen-bond acceptors (Lipinski definition) is 3. The summed E-state index contributed by atoms with van der Waals surface area (Å²) in [4.78, 5) is 1.95. The molecule has 1 heterocycles. The van der Waals surface area contributed by atoms with E-state index in [1.165, 1.54) is 16.4 Å². The zero-order valence-corrected chi connectivity index (χ0v) is 13.8. The first-order valence-corrected chi connectivity index (χ1v) is 8.84. The van der Waals surface area contributed by atoms with Crippen molar-refractivity contribution in [3.05, 3.63) is 29.6 Å². The molecule has 118 valence electrons. The van der Waals surface area contributed by atoms with Gasteiger partial charge in [-0.2, -0.15) is 4.31 Å². The molecular weight excluding hydrogens is 315 g/mol.